The van der Waals surface area contributed by atoms with Gasteiger partial charge in [-0.25, -0.2) is 0 Å². The average Bonchev–Trinajstić information content (AvgIpc) is 2.57. The van der Waals surface area contributed by atoms with Crippen molar-refractivity contribution in [3.05, 3.63) is 16.4 Å². The van der Waals surface area contributed by atoms with Gasteiger partial charge in [-0.1, -0.05) is 11.6 Å². The molecule has 5 nitrogen and oxygen atoms in total. The van der Waals surface area contributed by atoms with E-state index in [-0.39, 0.29) is 11.8 Å². The number of aryl methyl sites for hydroxylation is 2. The Labute approximate surface area is 111 Å². The maximum atomic E-state index is 12.0. The van der Waals surface area contributed by atoms with Crippen molar-refractivity contribution in [1.82, 2.24) is 15.1 Å². The molecule has 6 heteroatoms. The number of hydrogen-bond acceptors (Lipinski definition) is 4. The van der Waals surface area contributed by atoms with Gasteiger partial charge in [0, 0.05) is 38.0 Å². The number of ketones is 1. The molecule has 0 saturated carbocycles. The molecule has 0 amide bonds. The van der Waals surface area contributed by atoms with Gasteiger partial charge in [-0.05, 0) is 6.92 Å². The molecule has 1 aromatic heterocycles. The third kappa shape index (κ3) is 3.10. The average molecular weight is 272 g/mol. The molecular formula is C12H18ClN3O2. The van der Waals surface area contributed by atoms with Crippen molar-refractivity contribution in [3.8, 4) is 0 Å². The summed E-state index contributed by atoms with van der Waals surface area (Å²) in [7, 11) is 1.78. The summed E-state index contributed by atoms with van der Waals surface area (Å²) in [6.45, 7) is 4.00. The summed E-state index contributed by atoms with van der Waals surface area (Å²) in [4.78, 5) is 12.0. The normalized spacial score (nSPS) is 20.1. The number of halogens is 1. The van der Waals surface area contributed by atoms with Gasteiger partial charge in [0.2, 0.25) is 0 Å². The Balaban J connectivity index is 1.94. The number of hydrogen-bond donors (Lipinski definition) is 1. The highest BCUT2D eigenvalue weighted by Crippen LogP contribution is 2.20. The van der Waals surface area contributed by atoms with Crippen LogP contribution in [0.1, 0.15) is 17.7 Å². The first-order valence-corrected chi connectivity index (χ1v) is 6.46. The molecule has 18 heavy (non-hydrogen) atoms. The lowest BCUT2D eigenvalue weighted by atomic mass is 10.0. The summed E-state index contributed by atoms with van der Waals surface area (Å²) in [5.74, 6) is 0.163. The molecule has 1 aliphatic heterocycles. The number of carbonyl (C=O) groups is 1. The molecule has 2 rings (SSSR count). The van der Waals surface area contributed by atoms with Crippen LogP contribution in [0.5, 0.6) is 0 Å². The van der Waals surface area contributed by atoms with E-state index in [1.807, 2.05) is 6.92 Å². The summed E-state index contributed by atoms with van der Waals surface area (Å²) >= 11 is 6.11. The number of carbonyl (C=O) groups excluding carboxylic acids is 1. The van der Waals surface area contributed by atoms with Crippen molar-refractivity contribution in [2.24, 2.45) is 7.05 Å². The van der Waals surface area contributed by atoms with Gasteiger partial charge in [-0.15, -0.1) is 0 Å². The highest BCUT2D eigenvalue weighted by atomic mass is 35.5. The number of Topliss-reactive ketones (excluding diaryl/α,β-unsaturated/α-hetero) is 1. The molecule has 1 saturated heterocycles. The Kier molecular flexibility index (Phi) is 4.37. The van der Waals surface area contributed by atoms with Gasteiger partial charge in [-0.3, -0.25) is 9.48 Å². The smallest absolute Gasteiger partial charge is 0.139 e. The van der Waals surface area contributed by atoms with Gasteiger partial charge in [0.05, 0.1) is 18.9 Å². The van der Waals surface area contributed by atoms with Gasteiger partial charge in [0.25, 0.3) is 0 Å². The van der Waals surface area contributed by atoms with E-state index in [1.54, 1.807) is 11.7 Å². The first-order valence-electron chi connectivity index (χ1n) is 6.08. The largest absolute Gasteiger partial charge is 0.379 e. The minimum absolute atomic E-state index is 0.127. The van der Waals surface area contributed by atoms with E-state index in [1.165, 1.54) is 0 Å². The molecule has 1 atom stereocenters. The summed E-state index contributed by atoms with van der Waals surface area (Å²) in [5, 5.41) is 8.02. The number of aromatic nitrogens is 2. The predicted molar refractivity (Wildman–Crippen MR) is 68.9 cm³/mol. The van der Waals surface area contributed by atoms with E-state index in [4.69, 9.17) is 16.3 Å². The molecule has 2 heterocycles. The summed E-state index contributed by atoms with van der Waals surface area (Å²) < 4.78 is 6.93. The molecule has 0 radical (unpaired) electrons. The van der Waals surface area contributed by atoms with Crippen LogP contribution in [0.4, 0.5) is 0 Å². The van der Waals surface area contributed by atoms with E-state index in [2.05, 4.69) is 10.4 Å². The molecular weight excluding hydrogens is 254 g/mol. The van der Waals surface area contributed by atoms with Crippen LogP contribution in [0.2, 0.25) is 5.15 Å². The highest BCUT2D eigenvalue weighted by Gasteiger charge is 2.20. The van der Waals surface area contributed by atoms with Crippen LogP contribution >= 0.6 is 11.6 Å². The molecule has 1 aromatic rings. The zero-order chi connectivity index (χ0) is 13.1. The zero-order valence-corrected chi connectivity index (χ0v) is 11.5. The number of nitrogens with one attached hydrogen (secondary N) is 1. The summed E-state index contributed by atoms with van der Waals surface area (Å²) in [6.07, 6.45) is 0.821. The maximum absolute atomic E-state index is 12.0. The third-order valence-electron chi connectivity index (χ3n) is 3.12. The van der Waals surface area contributed by atoms with Crippen LogP contribution in [0.25, 0.3) is 0 Å². The molecule has 1 fully saturated rings. The number of rotatable bonds is 4. The van der Waals surface area contributed by atoms with Crippen molar-refractivity contribution >= 4 is 17.4 Å². The van der Waals surface area contributed by atoms with E-state index < -0.39 is 0 Å². The van der Waals surface area contributed by atoms with Crippen molar-refractivity contribution in [1.29, 1.82) is 0 Å². The van der Waals surface area contributed by atoms with Crippen molar-refractivity contribution in [2.45, 2.75) is 25.8 Å². The highest BCUT2D eigenvalue weighted by molar-refractivity contribution is 6.30. The van der Waals surface area contributed by atoms with Gasteiger partial charge in [0.15, 0.2) is 0 Å². The molecule has 100 valence electrons. The Morgan fingerprint density at radius 1 is 1.67 bits per heavy atom. The van der Waals surface area contributed by atoms with Gasteiger partial charge < -0.3 is 10.1 Å². The second-order valence-corrected chi connectivity index (χ2v) is 4.98. The first-order chi connectivity index (χ1) is 8.58. The van der Waals surface area contributed by atoms with Crippen molar-refractivity contribution in [3.63, 3.8) is 0 Å². The zero-order valence-electron chi connectivity index (χ0n) is 10.7. The van der Waals surface area contributed by atoms with Crippen molar-refractivity contribution < 1.29 is 9.53 Å². The van der Waals surface area contributed by atoms with Gasteiger partial charge in [0.1, 0.15) is 10.9 Å². The maximum Gasteiger partial charge on any atom is 0.139 e. The fraction of sp³-hybridized carbons (Fsp3) is 0.667. The van der Waals surface area contributed by atoms with Gasteiger partial charge >= 0.3 is 0 Å². The molecule has 0 bridgehead atoms. The molecule has 0 aliphatic carbocycles. The Bertz CT molecular complexity index is 439. The van der Waals surface area contributed by atoms with E-state index >= 15 is 0 Å². The van der Waals surface area contributed by atoms with Crippen LogP contribution in [-0.2, 0) is 23.0 Å². The lowest BCUT2D eigenvalue weighted by molar-refractivity contribution is -0.119. The van der Waals surface area contributed by atoms with E-state index in [0.29, 0.717) is 24.6 Å². The number of nitrogens with zero attached hydrogens (tertiary/aromatic N) is 2. The molecule has 1 unspecified atom stereocenters. The first kappa shape index (κ1) is 13.5. The van der Waals surface area contributed by atoms with Gasteiger partial charge in [-0.2, -0.15) is 5.10 Å². The van der Waals surface area contributed by atoms with E-state index in [0.717, 1.165) is 24.4 Å². The lowest BCUT2D eigenvalue weighted by Crippen LogP contribution is -2.42. The minimum atomic E-state index is 0.127. The second kappa shape index (κ2) is 5.82. The fourth-order valence-electron chi connectivity index (χ4n) is 2.17. The second-order valence-electron chi connectivity index (χ2n) is 4.62. The quantitative estimate of drug-likeness (QED) is 0.883. The summed E-state index contributed by atoms with van der Waals surface area (Å²) in [5.41, 5.74) is 1.66. The number of morpholine rings is 1. The SMILES string of the molecule is Cc1nn(C)c(Cl)c1CC(=O)CC1COCCN1. The number of ether oxygens (including phenoxy) is 1. The van der Waals surface area contributed by atoms with Crippen LogP contribution in [0.3, 0.4) is 0 Å². The monoisotopic (exact) mass is 271 g/mol. The Hall–Kier alpha value is -0.910. The van der Waals surface area contributed by atoms with Crippen LogP contribution < -0.4 is 5.32 Å². The standard InChI is InChI=1S/C12H18ClN3O2/c1-8-11(12(13)16(2)15-8)6-10(17)5-9-7-18-4-3-14-9/h9,14H,3-7H2,1-2H3. The summed E-state index contributed by atoms with van der Waals surface area (Å²) in [6, 6.07) is 0.127. The molecule has 1 aliphatic rings. The Morgan fingerprint density at radius 2 is 2.44 bits per heavy atom. The minimum Gasteiger partial charge on any atom is -0.379 e. The van der Waals surface area contributed by atoms with Crippen molar-refractivity contribution in [2.75, 3.05) is 19.8 Å². The van der Waals surface area contributed by atoms with Crippen LogP contribution in [-0.4, -0.2) is 41.4 Å². The molecule has 1 N–H and O–H groups in total. The van der Waals surface area contributed by atoms with E-state index in [9.17, 15) is 4.79 Å². The van der Waals surface area contributed by atoms with Crippen LogP contribution in [0.15, 0.2) is 0 Å². The Morgan fingerprint density at radius 3 is 3.00 bits per heavy atom. The van der Waals surface area contributed by atoms with Crippen LogP contribution in [0, 0.1) is 6.92 Å². The lowest BCUT2D eigenvalue weighted by Gasteiger charge is -2.23. The molecule has 0 spiro atoms. The fourth-order valence-corrected chi connectivity index (χ4v) is 2.41. The predicted octanol–water partition coefficient (Wildman–Crippen LogP) is 0.872. The molecule has 0 aromatic carbocycles. The third-order valence-corrected chi connectivity index (χ3v) is 3.59. The topological polar surface area (TPSA) is 56.2 Å².